The van der Waals surface area contributed by atoms with Gasteiger partial charge in [-0.05, 0) is 54.7 Å². The van der Waals surface area contributed by atoms with Gasteiger partial charge in [-0.2, -0.15) is 0 Å². The molecule has 1 saturated heterocycles. The van der Waals surface area contributed by atoms with Crippen LogP contribution in [0.15, 0.2) is 54.6 Å². The Morgan fingerprint density at radius 2 is 1.65 bits per heavy atom. The number of amides is 1. The fraction of sp³-hybridized carbons (Fsp3) is 0.429. The van der Waals surface area contributed by atoms with Crippen molar-refractivity contribution < 1.29 is 14.7 Å². The van der Waals surface area contributed by atoms with Crippen molar-refractivity contribution in [3.8, 4) is 0 Å². The van der Waals surface area contributed by atoms with E-state index in [0.717, 1.165) is 44.7 Å². The third kappa shape index (κ3) is 5.57. The van der Waals surface area contributed by atoms with E-state index in [2.05, 4.69) is 54.0 Å². The highest BCUT2D eigenvalue weighted by atomic mass is 16.4. The van der Waals surface area contributed by atoms with Crippen LogP contribution in [-0.4, -0.2) is 69.9 Å². The van der Waals surface area contributed by atoms with Crippen LogP contribution in [0.1, 0.15) is 54.2 Å². The van der Waals surface area contributed by atoms with Gasteiger partial charge in [-0.1, -0.05) is 42.5 Å². The zero-order valence-electron chi connectivity index (χ0n) is 20.4. The summed E-state index contributed by atoms with van der Waals surface area (Å²) in [4.78, 5) is 29.7. The number of hydrogen-bond acceptors (Lipinski definition) is 4. The van der Waals surface area contributed by atoms with Crippen LogP contribution < -0.4 is 0 Å². The molecule has 0 spiro atoms. The van der Waals surface area contributed by atoms with Gasteiger partial charge in [-0.15, -0.1) is 0 Å². The predicted molar refractivity (Wildman–Crippen MR) is 134 cm³/mol. The molecule has 1 fully saturated rings. The molecule has 4 rings (SSSR count). The number of aromatic carboxylic acids is 1. The van der Waals surface area contributed by atoms with Crippen molar-refractivity contribution in [1.29, 1.82) is 0 Å². The molecule has 34 heavy (non-hydrogen) atoms. The average molecular weight is 462 g/mol. The fourth-order valence-electron chi connectivity index (χ4n) is 5.29. The molecule has 6 heteroatoms. The van der Waals surface area contributed by atoms with Gasteiger partial charge in [0, 0.05) is 58.3 Å². The van der Waals surface area contributed by atoms with E-state index < -0.39 is 5.97 Å². The van der Waals surface area contributed by atoms with Crippen LogP contribution in [0.5, 0.6) is 0 Å². The molecule has 0 radical (unpaired) electrons. The largest absolute Gasteiger partial charge is 0.478 e. The molecule has 0 aromatic heterocycles. The van der Waals surface area contributed by atoms with Gasteiger partial charge in [0.1, 0.15) is 0 Å². The third-order valence-electron chi connectivity index (χ3n) is 7.15. The van der Waals surface area contributed by atoms with E-state index in [-0.39, 0.29) is 5.91 Å². The zero-order chi connectivity index (χ0) is 24.2. The Morgan fingerprint density at radius 1 is 0.971 bits per heavy atom. The van der Waals surface area contributed by atoms with Gasteiger partial charge in [-0.3, -0.25) is 14.6 Å². The van der Waals surface area contributed by atoms with E-state index in [1.807, 2.05) is 17.0 Å². The van der Waals surface area contributed by atoms with Crippen LogP contribution in [0.2, 0.25) is 0 Å². The Kier molecular flexibility index (Phi) is 7.49. The van der Waals surface area contributed by atoms with Crippen molar-refractivity contribution >= 4 is 17.4 Å². The molecule has 1 N–H and O–H groups in total. The van der Waals surface area contributed by atoms with Crippen molar-refractivity contribution in [2.24, 2.45) is 0 Å². The highest BCUT2D eigenvalue weighted by Crippen LogP contribution is 2.28. The van der Waals surface area contributed by atoms with Crippen molar-refractivity contribution in [2.75, 3.05) is 26.2 Å². The molecule has 6 nitrogen and oxygen atoms in total. The van der Waals surface area contributed by atoms with Gasteiger partial charge in [0.15, 0.2) is 0 Å². The molecule has 2 atom stereocenters. The molecule has 0 aliphatic carbocycles. The number of piperazine rings is 1. The number of carbonyl (C=O) groups excluding carboxylic acids is 1. The summed E-state index contributed by atoms with van der Waals surface area (Å²) in [7, 11) is 0. The monoisotopic (exact) mass is 461 g/mol. The Labute approximate surface area is 202 Å². The number of carboxylic acid groups (broad SMARTS) is 1. The quantitative estimate of drug-likeness (QED) is 0.701. The number of hydrogen-bond donors (Lipinski definition) is 1. The normalized spacial score (nSPS) is 21.9. The summed E-state index contributed by atoms with van der Waals surface area (Å²) in [5.74, 6) is -0.746. The molecule has 0 saturated carbocycles. The Morgan fingerprint density at radius 3 is 2.24 bits per heavy atom. The minimum atomic E-state index is -0.886. The lowest BCUT2D eigenvalue weighted by Crippen LogP contribution is -2.55. The summed E-state index contributed by atoms with van der Waals surface area (Å²) < 4.78 is 0. The summed E-state index contributed by atoms with van der Waals surface area (Å²) in [5.41, 5.74) is 5.48. The first-order valence-corrected chi connectivity index (χ1v) is 12.1. The van der Waals surface area contributed by atoms with E-state index >= 15 is 0 Å². The highest BCUT2D eigenvalue weighted by molar-refractivity contribution is 5.87. The first-order valence-electron chi connectivity index (χ1n) is 12.1. The van der Waals surface area contributed by atoms with Crippen LogP contribution in [0, 0.1) is 0 Å². The van der Waals surface area contributed by atoms with Gasteiger partial charge in [0.2, 0.25) is 5.91 Å². The molecule has 2 aromatic rings. The topological polar surface area (TPSA) is 64.1 Å². The molecular weight excluding hydrogens is 426 g/mol. The molecule has 0 unspecified atom stereocenters. The molecule has 2 aliphatic rings. The van der Waals surface area contributed by atoms with Crippen molar-refractivity contribution in [3.63, 3.8) is 0 Å². The number of benzene rings is 2. The van der Waals surface area contributed by atoms with Gasteiger partial charge in [0.05, 0.1) is 5.56 Å². The lowest BCUT2D eigenvalue weighted by atomic mass is 9.93. The van der Waals surface area contributed by atoms with Crippen LogP contribution in [0.25, 0.3) is 5.57 Å². The van der Waals surface area contributed by atoms with Gasteiger partial charge < -0.3 is 10.0 Å². The summed E-state index contributed by atoms with van der Waals surface area (Å²) in [5, 5.41) is 9.12. The maximum atomic E-state index is 11.7. The van der Waals surface area contributed by atoms with Gasteiger partial charge in [0.25, 0.3) is 0 Å². The molecular formula is C28H35N3O3. The van der Waals surface area contributed by atoms with E-state index in [1.54, 1.807) is 19.1 Å². The maximum Gasteiger partial charge on any atom is 0.335 e. The lowest BCUT2D eigenvalue weighted by Gasteiger charge is -2.45. The first-order chi connectivity index (χ1) is 16.3. The third-order valence-corrected chi connectivity index (χ3v) is 7.15. The summed E-state index contributed by atoms with van der Waals surface area (Å²) in [6.07, 6.45) is 3.11. The minimum absolute atomic E-state index is 0.141. The molecule has 2 aromatic carbocycles. The second-order valence-electron chi connectivity index (χ2n) is 9.67. The van der Waals surface area contributed by atoms with E-state index in [4.69, 9.17) is 5.11 Å². The van der Waals surface area contributed by atoms with Crippen molar-refractivity contribution in [1.82, 2.24) is 14.7 Å². The molecule has 2 heterocycles. The van der Waals surface area contributed by atoms with Crippen molar-refractivity contribution in [2.45, 2.75) is 52.4 Å². The van der Waals surface area contributed by atoms with Gasteiger partial charge >= 0.3 is 5.97 Å². The van der Waals surface area contributed by atoms with E-state index in [1.165, 1.54) is 16.7 Å². The summed E-state index contributed by atoms with van der Waals surface area (Å²) in [6.45, 7) is 11.4. The fourth-order valence-corrected chi connectivity index (χ4v) is 5.29. The minimum Gasteiger partial charge on any atom is -0.478 e. The maximum absolute atomic E-state index is 11.7. The van der Waals surface area contributed by atoms with Crippen molar-refractivity contribution in [3.05, 3.63) is 76.9 Å². The summed E-state index contributed by atoms with van der Waals surface area (Å²) in [6, 6.07) is 16.7. The molecule has 0 bridgehead atoms. The second kappa shape index (κ2) is 10.5. The average Bonchev–Trinajstić information content (AvgIpc) is 2.82. The Balaban J connectivity index is 1.42. The van der Waals surface area contributed by atoms with E-state index in [0.29, 0.717) is 24.2 Å². The van der Waals surface area contributed by atoms with Crippen LogP contribution in [0.3, 0.4) is 0 Å². The molecule has 1 amide bonds. The van der Waals surface area contributed by atoms with Crippen LogP contribution in [0.4, 0.5) is 0 Å². The Bertz CT molecular complexity index is 1050. The number of carbonyl (C=O) groups is 2. The van der Waals surface area contributed by atoms with Gasteiger partial charge in [-0.25, -0.2) is 4.79 Å². The predicted octanol–water partition coefficient (Wildman–Crippen LogP) is 4.12. The zero-order valence-corrected chi connectivity index (χ0v) is 20.4. The second-order valence-corrected chi connectivity index (χ2v) is 9.67. The molecule has 2 aliphatic heterocycles. The van der Waals surface area contributed by atoms with Crippen LogP contribution in [-0.2, 0) is 17.9 Å². The highest BCUT2D eigenvalue weighted by Gasteiger charge is 2.30. The lowest BCUT2D eigenvalue weighted by molar-refractivity contribution is -0.128. The number of rotatable bonds is 6. The smallest absolute Gasteiger partial charge is 0.335 e. The first kappa shape index (κ1) is 24.2. The Hall–Kier alpha value is -2.96. The van der Waals surface area contributed by atoms with Crippen LogP contribution >= 0.6 is 0 Å². The van der Waals surface area contributed by atoms with E-state index in [9.17, 15) is 9.59 Å². The molecule has 180 valence electrons. The number of carboxylic acids is 1. The summed E-state index contributed by atoms with van der Waals surface area (Å²) >= 11 is 0. The number of nitrogens with zero attached hydrogens (tertiary/aromatic N) is 3. The standard InChI is InChI=1S/C28H35N3O3/c1-20-16-29(18-23-8-10-25(11-9-23)28(33)34)17-21(2)31(20)19-26-6-4-5-7-27(26)24-12-14-30(15-13-24)22(3)32/h4-12,20-21H,13-19H2,1-3H3,(H,33,34)/t20-,21+. The SMILES string of the molecule is CC(=O)N1CC=C(c2ccccc2CN2[C@H](C)CN(Cc3ccc(C(=O)O)cc3)C[C@@H]2C)CC1.